The lowest BCUT2D eigenvalue weighted by atomic mass is 10.0. The highest BCUT2D eigenvalue weighted by Gasteiger charge is 2.20. The van der Waals surface area contributed by atoms with Crippen LogP contribution in [0.5, 0.6) is 0 Å². The van der Waals surface area contributed by atoms with E-state index < -0.39 is 0 Å². The predicted octanol–water partition coefficient (Wildman–Crippen LogP) is 3.11. The minimum atomic E-state index is 0.206. The standard InChI is InChI=1S/C18H27NO2/c1-14-10-15(2)12-16(11-14)18(21)7-9-19-8-5-3-4-6-17(19)13-20/h10-12,17,20H,3-9,13H2,1-2H3. The van der Waals surface area contributed by atoms with Gasteiger partial charge in [0.2, 0.25) is 0 Å². The number of rotatable bonds is 5. The van der Waals surface area contributed by atoms with Gasteiger partial charge in [0.05, 0.1) is 6.61 Å². The number of aliphatic hydroxyl groups excluding tert-OH is 1. The van der Waals surface area contributed by atoms with Crippen molar-refractivity contribution in [3.63, 3.8) is 0 Å². The molecule has 1 aromatic carbocycles. The van der Waals surface area contributed by atoms with Gasteiger partial charge in [0, 0.05) is 24.6 Å². The maximum absolute atomic E-state index is 12.4. The largest absolute Gasteiger partial charge is 0.395 e. The molecule has 0 aromatic heterocycles. The molecule has 1 heterocycles. The molecule has 1 saturated heterocycles. The monoisotopic (exact) mass is 289 g/mol. The van der Waals surface area contributed by atoms with Crippen molar-refractivity contribution in [2.45, 2.75) is 52.0 Å². The highest BCUT2D eigenvalue weighted by Crippen LogP contribution is 2.18. The summed E-state index contributed by atoms with van der Waals surface area (Å²) in [7, 11) is 0. The van der Waals surface area contributed by atoms with Crippen LogP contribution in [0.15, 0.2) is 18.2 Å². The summed E-state index contributed by atoms with van der Waals surface area (Å²) in [5, 5.41) is 9.51. The van der Waals surface area contributed by atoms with Gasteiger partial charge in [-0.3, -0.25) is 9.69 Å². The molecule has 1 unspecified atom stereocenters. The summed E-state index contributed by atoms with van der Waals surface area (Å²) >= 11 is 0. The molecule has 0 bridgehead atoms. The molecule has 0 spiro atoms. The quantitative estimate of drug-likeness (QED) is 0.847. The first-order valence-corrected chi connectivity index (χ1v) is 8.06. The maximum Gasteiger partial charge on any atom is 0.164 e. The Morgan fingerprint density at radius 3 is 2.57 bits per heavy atom. The van der Waals surface area contributed by atoms with Crippen molar-refractivity contribution in [1.29, 1.82) is 0 Å². The van der Waals surface area contributed by atoms with Crippen LogP contribution in [0.4, 0.5) is 0 Å². The van der Waals surface area contributed by atoms with Gasteiger partial charge in [0.1, 0.15) is 0 Å². The summed E-state index contributed by atoms with van der Waals surface area (Å²) in [5.74, 6) is 0.211. The Bertz CT molecular complexity index is 464. The lowest BCUT2D eigenvalue weighted by molar-refractivity contribution is 0.0910. The van der Waals surface area contributed by atoms with Crippen LogP contribution in [0.2, 0.25) is 0 Å². The molecule has 1 aromatic rings. The molecule has 0 saturated carbocycles. The SMILES string of the molecule is Cc1cc(C)cc(C(=O)CCN2CCCCCC2CO)c1. The molecule has 0 radical (unpaired) electrons. The van der Waals surface area contributed by atoms with E-state index in [1.807, 2.05) is 26.0 Å². The second kappa shape index (κ2) is 7.71. The molecule has 1 N–H and O–H groups in total. The van der Waals surface area contributed by atoms with Crippen molar-refractivity contribution in [3.8, 4) is 0 Å². The van der Waals surface area contributed by atoms with E-state index in [0.717, 1.165) is 36.2 Å². The molecule has 1 atom stereocenters. The number of aliphatic hydroxyl groups is 1. The van der Waals surface area contributed by atoms with Gasteiger partial charge in [-0.05, 0) is 45.4 Å². The normalized spacial score (nSPS) is 20.2. The number of hydrogen-bond acceptors (Lipinski definition) is 3. The Kier molecular flexibility index (Phi) is 5.95. The van der Waals surface area contributed by atoms with Gasteiger partial charge in [-0.25, -0.2) is 0 Å². The first-order valence-electron chi connectivity index (χ1n) is 8.06. The third kappa shape index (κ3) is 4.65. The average Bonchev–Trinajstić information content (AvgIpc) is 2.68. The Morgan fingerprint density at radius 1 is 1.19 bits per heavy atom. The minimum absolute atomic E-state index is 0.206. The number of carbonyl (C=O) groups excluding carboxylic acids is 1. The van der Waals surface area contributed by atoms with Gasteiger partial charge >= 0.3 is 0 Å². The van der Waals surface area contributed by atoms with Crippen LogP contribution in [-0.4, -0.2) is 41.5 Å². The lowest BCUT2D eigenvalue weighted by Gasteiger charge is -2.28. The second-order valence-electron chi connectivity index (χ2n) is 6.27. The number of Topliss-reactive ketones (excluding diaryl/α,β-unsaturated/α-hetero) is 1. The molecular weight excluding hydrogens is 262 g/mol. The zero-order chi connectivity index (χ0) is 15.2. The molecule has 2 rings (SSSR count). The number of nitrogens with zero attached hydrogens (tertiary/aromatic N) is 1. The number of ketones is 1. The molecule has 21 heavy (non-hydrogen) atoms. The molecule has 3 heteroatoms. The Morgan fingerprint density at radius 2 is 1.90 bits per heavy atom. The van der Waals surface area contributed by atoms with E-state index in [9.17, 15) is 9.90 Å². The third-order valence-electron chi connectivity index (χ3n) is 4.38. The summed E-state index contributed by atoms with van der Waals surface area (Å²) in [4.78, 5) is 14.7. The van der Waals surface area contributed by atoms with E-state index >= 15 is 0 Å². The van der Waals surface area contributed by atoms with Gasteiger partial charge in [-0.2, -0.15) is 0 Å². The lowest BCUT2D eigenvalue weighted by Crippen LogP contribution is -2.38. The smallest absolute Gasteiger partial charge is 0.164 e. The fourth-order valence-electron chi connectivity index (χ4n) is 3.26. The van der Waals surface area contributed by atoms with Crippen LogP contribution in [0.25, 0.3) is 0 Å². The third-order valence-corrected chi connectivity index (χ3v) is 4.38. The van der Waals surface area contributed by atoms with Crippen molar-refractivity contribution < 1.29 is 9.90 Å². The molecular formula is C18H27NO2. The van der Waals surface area contributed by atoms with Crippen LogP contribution in [-0.2, 0) is 0 Å². The van der Waals surface area contributed by atoms with E-state index in [1.165, 1.54) is 19.3 Å². The summed E-state index contributed by atoms with van der Waals surface area (Å²) in [6, 6.07) is 6.27. The van der Waals surface area contributed by atoms with E-state index in [4.69, 9.17) is 0 Å². The van der Waals surface area contributed by atoms with Crippen molar-refractivity contribution in [1.82, 2.24) is 4.90 Å². The Balaban J connectivity index is 1.95. The molecule has 0 amide bonds. The minimum Gasteiger partial charge on any atom is -0.395 e. The fraction of sp³-hybridized carbons (Fsp3) is 0.611. The van der Waals surface area contributed by atoms with Gasteiger partial charge < -0.3 is 5.11 Å². The predicted molar refractivity (Wildman–Crippen MR) is 85.8 cm³/mol. The molecule has 1 aliphatic rings. The van der Waals surface area contributed by atoms with E-state index in [2.05, 4.69) is 11.0 Å². The first-order chi connectivity index (χ1) is 10.1. The summed E-state index contributed by atoms with van der Waals surface area (Å²) in [6.07, 6.45) is 5.19. The first kappa shape index (κ1) is 16.2. The van der Waals surface area contributed by atoms with Crippen molar-refractivity contribution in [2.75, 3.05) is 19.7 Å². The highest BCUT2D eigenvalue weighted by molar-refractivity contribution is 5.96. The highest BCUT2D eigenvalue weighted by atomic mass is 16.3. The molecule has 0 aliphatic carbocycles. The molecule has 116 valence electrons. The number of aryl methyl sites for hydroxylation is 2. The Hall–Kier alpha value is -1.19. The Labute approximate surface area is 128 Å². The fourth-order valence-corrected chi connectivity index (χ4v) is 3.26. The summed E-state index contributed by atoms with van der Waals surface area (Å²) in [6.45, 7) is 6.03. The van der Waals surface area contributed by atoms with Crippen LogP contribution in [0.1, 0.15) is 53.6 Å². The van der Waals surface area contributed by atoms with E-state index in [1.54, 1.807) is 0 Å². The number of likely N-dealkylation sites (tertiary alicyclic amines) is 1. The van der Waals surface area contributed by atoms with Crippen LogP contribution < -0.4 is 0 Å². The molecule has 1 fully saturated rings. The summed E-state index contributed by atoms with van der Waals surface area (Å²) < 4.78 is 0. The zero-order valence-electron chi connectivity index (χ0n) is 13.3. The summed E-state index contributed by atoms with van der Waals surface area (Å²) in [5.41, 5.74) is 3.10. The van der Waals surface area contributed by atoms with E-state index in [-0.39, 0.29) is 18.4 Å². The van der Waals surface area contributed by atoms with Crippen LogP contribution >= 0.6 is 0 Å². The number of carbonyl (C=O) groups is 1. The zero-order valence-corrected chi connectivity index (χ0v) is 13.3. The van der Waals surface area contributed by atoms with Crippen molar-refractivity contribution in [2.24, 2.45) is 0 Å². The molecule has 3 nitrogen and oxygen atoms in total. The number of hydrogen-bond donors (Lipinski definition) is 1. The topological polar surface area (TPSA) is 40.5 Å². The van der Waals surface area contributed by atoms with Gasteiger partial charge in [0.15, 0.2) is 5.78 Å². The van der Waals surface area contributed by atoms with Crippen LogP contribution in [0.3, 0.4) is 0 Å². The number of benzene rings is 1. The van der Waals surface area contributed by atoms with Crippen molar-refractivity contribution in [3.05, 3.63) is 34.9 Å². The van der Waals surface area contributed by atoms with E-state index in [0.29, 0.717) is 6.42 Å². The van der Waals surface area contributed by atoms with Crippen molar-refractivity contribution >= 4 is 5.78 Å². The maximum atomic E-state index is 12.4. The second-order valence-corrected chi connectivity index (χ2v) is 6.27. The van der Waals surface area contributed by atoms with Crippen LogP contribution in [0, 0.1) is 13.8 Å². The van der Waals surface area contributed by atoms with Gasteiger partial charge in [-0.15, -0.1) is 0 Å². The average molecular weight is 289 g/mol. The van der Waals surface area contributed by atoms with Gasteiger partial charge in [0.25, 0.3) is 0 Å². The van der Waals surface area contributed by atoms with Gasteiger partial charge in [-0.1, -0.05) is 30.0 Å². The molecule has 1 aliphatic heterocycles.